The summed E-state index contributed by atoms with van der Waals surface area (Å²) in [6.07, 6.45) is 3.92. The Morgan fingerprint density at radius 2 is 1.32 bits per heavy atom. The van der Waals surface area contributed by atoms with Gasteiger partial charge in [-0.3, -0.25) is 0 Å². The molecule has 1 heteroatoms. The molecule has 1 aromatic rings. The van der Waals surface area contributed by atoms with E-state index in [-0.39, 0.29) is 0 Å². The number of hydrogen-bond donors (Lipinski definition) is 0. The molecule has 1 heterocycles. The summed E-state index contributed by atoms with van der Waals surface area (Å²) in [4.78, 5) is 0. The lowest BCUT2D eigenvalue weighted by atomic mass is 9.13. The van der Waals surface area contributed by atoms with Gasteiger partial charge in [0.25, 0.3) is 0 Å². The summed E-state index contributed by atoms with van der Waals surface area (Å²) < 4.78 is 0. The molecule has 0 saturated carbocycles. The van der Waals surface area contributed by atoms with Crippen LogP contribution in [0.5, 0.6) is 0 Å². The zero-order valence-corrected chi connectivity index (χ0v) is 15.9. The molecule has 0 N–H and O–H groups in total. The molecular formula is C21H33B. The van der Waals surface area contributed by atoms with E-state index < -0.39 is 0 Å². The van der Waals surface area contributed by atoms with E-state index in [1.54, 1.807) is 16.6 Å². The molecule has 1 aromatic carbocycles. The first-order valence-corrected chi connectivity index (χ1v) is 9.03. The summed E-state index contributed by atoms with van der Waals surface area (Å²) in [6, 6.07) is 7.45. The zero-order valence-electron chi connectivity index (χ0n) is 15.9. The van der Waals surface area contributed by atoms with Gasteiger partial charge in [0.05, 0.1) is 0 Å². The van der Waals surface area contributed by atoms with Crippen molar-refractivity contribution >= 4 is 12.2 Å². The largest absolute Gasteiger partial charge is 0.182 e. The monoisotopic (exact) mass is 296 g/mol. The van der Waals surface area contributed by atoms with Gasteiger partial charge in [-0.25, -0.2) is 0 Å². The SMILES string of the molecule is CC1(C)CCC(C)(C)c2cc(B3CC(C)(C)C3(C)C)ccc21. The molecule has 1 aliphatic carbocycles. The van der Waals surface area contributed by atoms with Crippen molar-refractivity contribution in [3.63, 3.8) is 0 Å². The third kappa shape index (κ3) is 2.11. The highest BCUT2D eigenvalue weighted by molar-refractivity contribution is 6.79. The van der Waals surface area contributed by atoms with Gasteiger partial charge in [-0.1, -0.05) is 85.4 Å². The molecule has 0 nitrogen and oxygen atoms in total. The van der Waals surface area contributed by atoms with E-state index in [4.69, 9.17) is 0 Å². The minimum Gasteiger partial charge on any atom is -0.0791 e. The van der Waals surface area contributed by atoms with Crippen LogP contribution in [0.1, 0.15) is 79.4 Å². The number of hydrogen-bond acceptors (Lipinski definition) is 0. The summed E-state index contributed by atoms with van der Waals surface area (Å²) >= 11 is 0. The highest BCUT2D eigenvalue weighted by Crippen LogP contribution is 2.61. The van der Waals surface area contributed by atoms with E-state index in [1.807, 2.05) is 0 Å². The van der Waals surface area contributed by atoms with Crippen LogP contribution < -0.4 is 5.46 Å². The Morgan fingerprint density at radius 3 is 1.82 bits per heavy atom. The van der Waals surface area contributed by atoms with Crippen molar-refractivity contribution in [2.75, 3.05) is 0 Å². The maximum absolute atomic E-state index is 2.57. The van der Waals surface area contributed by atoms with Gasteiger partial charge in [-0.05, 0) is 45.5 Å². The molecule has 120 valence electrons. The zero-order chi connectivity index (χ0) is 16.6. The smallest absolute Gasteiger partial charge is 0.0791 e. The second-order valence-corrected chi connectivity index (χ2v) is 10.4. The van der Waals surface area contributed by atoms with Crippen molar-refractivity contribution in [3.8, 4) is 0 Å². The first-order valence-electron chi connectivity index (χ1n) is 9.03. The van der Waals surface area contributed by atoms with Crippen molar-refractivity contribution in [3.05, 3.63) is 29.3 Å². The molecule has 3 rings (SSSR count). The van der Waals surface area contributed by atoms with Gasteiger partial charge in [0.1, 0.15) is 0 Å². The van der Waals surface area contributed by atoms with E-state index >= 15 is 0 Å². The van der Waals surface area contributed by atoms with E-state index in [9.17, 15) is 0 Å². The summed E-state index contributed by atoms with van der Waals surface area (Å²) in [5, 5.41) is 0.398. The van der Waals surface area contributed by atoms with Crippen LogP contribution in [0, 0.1) is 5.41 Å². The van der Waals surface area contributed by atoms with Crippen molar-refractivity contribution in [2.45, 2.75) is 90.7 Å². The van der Waals surface area contributed by atoms with Crippen LogP contribution in [0.15, 0.2) is 18.2 Å². The molecule has 1 aliphatic heterocycles. The van der Waals surface area contributed by atoms with Crippen molar-refractivity contribution < 1.29 is 0 Å². The topological polar surface area (TPSA) is 0 Å². The Kier molecular flexibility index (Phi) is 3.25. The van der Waals surface area contributed by atoms with E-state index in [1.165, 1.54) is 19.2 Å². The number of rotatable bonds is 1. The van der Waals surface area contributed by atoms with Gasteiger partial charge in [0.15, 0.2) is 6.71 Å². The minimum absolute atomic E-state index is 0.324. The van der Waals surface area contributed by atoms with Crippen LogP contribution >= 0.6 is 0 Å². The normalized spacial score (nSPS) is 27.0. The molecule has 1 fully saturated rings. The highest BCUT2D eigenvalue weighted by Gasteiger charge is 2.56. The molecule has 1 saturated heterocycles. The highest BCUT2D eigenvalue weighted by atomic mass is 14.4. The van der Waals surface area contributed by atoms with Gasteiger partial charge in [0.2, 0.25) is 0 Å². The molecule has 2 aliphatic rings. The predicted molar refractivity (Wildman–Crippen MR) is 99.7 cm³/mol. The van der Waals surface area contributed by atoms with Gasteiger partial charge in [-0.15, -0.1) is 0 Å². The van der Waals surface area contributed by atoms with E-state index in [2.05, 4.69) is 73.6 Å². The summed E-state index contributed by atoms with van der Waals surface area (Å²) in [7, 11) is 0. The third-order valence-electron chi connectivity index (χ3n) is 7.61. The standard InChI is InChI=1S/C21H33B/c1-18(2)11-12-19(3,4)17-13-15(9-10-16(17)18)22-14-20(5,6)21(22,7)8/h9-10,13H,11-12,14H2,1-8H3. The molecule has 0 bridgehead atoms. The van der Waals surface area contributed by atoms with Crippen LogP contribution in [-0.4, -0.2) is 6.71 Å². The Hall–Kier alpha value is -0.715. The van der Waals surface area contributed by atoms with Crippen LogP contribution in [0.25, 0.3) is 0 Å². The Bertz CT molecular complexity index is 604. The first kappa shape index (κ1) is 16.2. The molecule has 0 atom stereocenters. The molecule has 0 spiro atoms. The summed E-state index contributed by atoms with van der Waals surface area (Å²) in [5.41, 5.74) is 5.89. The van der Waals surface area contributed by atoms with E-state index in [0.717, 1.165) is 0 Å². The third-order valence-corrected chi connectivity index (χ3v) is 7.61. The van der Waals surface area contributed by atoms with Gasteiger partial charge in [0, 0.05) is 0 Å². The Labute approximate surface area is 138 Å². The van der Waals surface area contributed by atoms with Crippen LogP contribution in [0.3, 0.4) is 0 Å². The van der Waals surface area contributed by atoms with Gasteiger partial charge in [-0.2, -0.15) is 0 Å². The van der Waals surface area contributed by atoms with Gasteiger partial charge < -0.3 is 0 Å². The number of benzene rings is 1. The average molecular weight is 296 g/mol. The fourth-order valence-electron chi connectivity index (χ4n) is 4.73. The molecule has 22 heavy (non-hydrogen) atoms. The second kappa shape index (κ2) is 4.43. The lowest BCUT2D eigenvalue weighted by Gasteiger charge is -2.58. The average Bonchev–Trinajstić information content (AvgIpc) is 2.41. The summed E-state index contributed by atoms with van der Waals surface area (Å²) in [5.74, 6) is 0. The van der Waals surface area contributed by atoms with Crippen molar-refractivity contribution in [1.29, 1.82) is 0 Å². The minimum atomic E-state index is 0.324. The molecule has 0 amide bonds. The van der Waals surface area contributed by atoms with Crippen LogP contribution in [0.2, 0.25) is 11.6 Å². The molecule has 0 unspecified atom stereocenters. The van der Waals surface area contributed by atoms with Crippen molar-refractivity contribution in [2.24, 2.45) is 5.41 Å². The fraction of sp³-hybridized carbons (Fsp3) is 0.714. The lowest BCUT2D eigenvalue weighted by Crippen LogP contribution is -2.59. The van der Waals surface area contributed by atoms with Crippen LogP contribution in [-0.2, 0) is 10.8 Å². The quantitative estimate of drug-likeness (QED) is 0.595. The summed E-state index contributed by atoms with van der Waals surface area (Å²) in [6.45, 7) is 20.2. The molecular weight excluding hydrogens is 263 g/mol. The maximum atomic E-state index is 2.57. The predicted octanol–water partition coefficient (Wildman–Crippen LogP) is 5.56. The second-order valence-electron chi connectivity index (χ2n) is 10.4. The van der Waals surface area contributed by atoms with Crippen LogP contribution in [0.4, 0.5) is 0 Å². The maximum Gasteiger partial charge on any atom is 0.182 e. The fourth-order valence-corrected chi connectivity index (χ4v) is 4.73. The number of fused-ring (bicyclic) bond motifs is 1. The van der Waals surface area contributed by atoms with Crippen molar-refractivity contribution in [1.82, 2.24) is 0 Å². The molecule has 0 aromatic heterocycles. The van der Waals surface area contributed by atoms with E-state index in [0.29, 0.717) is 28.3 Å². The molecule has 0 radical (unpaired) electrons. The first-order chi connectivity index (χ1) is 9.88. The van der Waals surface area contributed by atoms with Gasteiger partial charge >= 0.3 is 0 Å². The lowest BCUT2D eigenvalue weighted by molar-refractivity contribution is 0.242. The Morgan fingerprint density at radius 1 is 0.773 bits per heavy atom. The Balaban J connectivity index is 2.05.